The number of carbonyl (C=O) groups is 1. The molecular weight excluding hydrogens is 246 g/mol. The number of hydrogen-bond acceptors (Lipinski definition) is 5. The fraction of sp³-hybridized carbons (Fsp3) is 0.500. The van der Waals surface area contributed by atoms with Crippen LogP contribution in [-0.2, 0) is 9.53 Å². The summed E-state index contributed by atoms with van der Waals surface area (Å²) in [7, 11) is 1.19. The summed E-state index contributed by atoms with van der Waals surface area (Å²) < 4.78 is 4.42. The molecule has 0 aromatic heterocycles. The van der Waals surface area contributed by atoms with Gasteiger partial charge in [0.1, 0.15) is 6.10 Å². The van der Waals surface area contributed by atoms with Gasteiger partial charge in [0.05, 0.1) is 13.2 Å². The minimum Gasteiger partial charge on any atom is -0.467 e. The van der Waals surface area contributed by atoms with E-state index < -0.39 is 18.2 Å². The Labute approximate surface area is 112 Å². The molecule has 1 fully saturated rings. The zero-order valence-corrected chi connectivity index (χ0v) is 11.1. The number of rotatable bonds is 5. The number of nitrogens with zero attached hydrogens (tertiary/aromatic N) is 1. The van der Waals surface area contributed by atoms with Crippen LogP contribution in [0.25, 0.3) is 0 Å². The molecule has 1 saturated heterocycles. The maximum Gasteiger partial charge on any atom is 0.337 e. The Bertz CT molecular complexity index is 436. The Hall–Kier alpha value is -1.43. The zero-order chi connectivity index (χ0) is 14.0. The van der Waals surface area contributed by atoms with E-state index in [9.17, 15) is 15.0 Å². The molecule has 0 spiro atoms. The molecule has 5 heteroatoms. The van der Waals surface area contributed by atoms with Crippen LogP contribution in [0.2, 0.25) is 0 Å². The summed E-state index contributed by atoms with van der Waals surface area (Å²) >= 11 is 0. The molecule has 5 nitrogen and oxygen atoms in total. The third kappa shape index (κ3) is 2.94. The van der Waals surface area contributed by atoms with Gasteiger partial charge in [-0.25, -0.2) is 4.79 Å². The fourth-order valence-corrected chi connectivity index (χ4v) is 2.31. The lowest BCUT2D eigenvalue weighted by molar-refractivity contribution is -0.156. The number of carbonyl (C=O) groups excluding carboxylic acids is 1. The first kappa shape index (κ1) is 14.0. The molecule has 0 aliphatic carbocycles. The summed E-state index contributed by atoms with van der Waals surface area (Å²) in [6.07, 6.45) is -2.60. The van der Waals surface area contributed by atoms with Crippen molar-refractivity contribution < 1.29 is 19.7 Å². The highest BCUT2D eigenvalue weighted by Crippen LogP contribution is 2.34. The Morgan fingerprint density at radius 1 is 1.37 bits per heavy atom. The number of ether oxygens (including phenoxy) is 1. The second kappa shape index (κ2) is 5.69. The third-order valence-electron chi connectivity index (χ3n) is 3.63. The topological polar surface area (TPSA) is 69.8 Å². The van der Waals surface area contributed by atoms with Gasteiger partial charge in [-0.1, -0.05) is 30.3 Å². The number of aliphatic hydroxyl groups is 2. The van der Waals surface area contributed by atoms with Crippen molar-refractivity contribution in [2.24, 2.45) is 0 Å². The maximum absolute atomic E-state index is 11.2. The highest BCUT2D eigenvalue weighted by atomic mass is 16.5. The summed E-state index contributed by atoms with van der Waals surface area (Å²) in [4.78, 5) is 13.2. The van der Waals surface area contributed by atoms with Crippen molar-refractivity contribution in [3.8, 4) is 0 Å². The lowest BCUT2D eigenvalue weighted by Gasteiger charge is -2.19. The van der Waals surface area contributed by atoms with Crippen molar-refractivity contribution in [1.82, 2.24) is 4.90 Å². The van der Waals surface area contributed by atoms with Crippen LogP contribution in [0.4, 0.5) is 0 Å². The van der Waals surface area contributed by atoms with Crippen molar-refractivity contribution in [1.29, 1.82) is 0 Å². The molecule has 1 aromatic rings. The lowest BCUT2D eigenvalue weighted by atomic mass is 10.1. The van der Waals surface area contributed by atoms with Crippen LogP contribution in [0, 0.1) is 0 Å². The first-order valence-electron chi connectivity index (χ1n) is 6.31. The van der Waals surface area contributed by atoms with Crippen molar-refractivity contribution in [2.75, 3.05) is 13.7 Å². The minimum absolute atomic E-state index is 0.144. The van der Waals surface area contributed by atoms with Gasteiger partial charge in [0.25, 0.3) is 0 Å². The summed E-state index contributed by atoms with van der Waals surface area (Å²) in [6.45, 7) is 2.69. The van der Waals surface area contributed by atoms with Crippen molar-refractivity contribution in [2.45, 2.75) is 31.2 Å². The third-order valence-corrected chi connectivity index (χ3v) is 3.63. The van der Waals surface area contributed by atoms with E-state index in [0.29, 0.717) is 6.54 Å². The Morgan fingerprint density at radius 3 is 2.58 bits per heavy atom. The van der Waals surface area contributed by atoms with Gasteiger partial charge in [0.2, 0.25) is 0 Å². The van der Waals surface area contributed by atoms with Gasteiger partial charge in [-0.3, -0.25) is 4.90 Å². The van der Waals surface area contributed by atoms with Crippen molar-refractivity contribution in [3.05, 3.63) is 35.9 Å². The predicted molar refractivity (Wildman–Crippen MR) is 69.4 cm³/mol. The Balaban J connectivity index is 1.95. The number of hydrogen-bond donors (Lipinski definition) is 2. The molecule has 5 atom stereocenters. The molecule has 0 saturated carbocycles. The molecule has 2 rings (SSSR count). The highest BCUT2D eigenvalue weighted by Gasteiger charge is 2.47. The quantitative estimate of drug-likeness (QED) is 0.593. The van der Waals surface area contributed by atoms with Crippen LogP contribution < -0.4 is 0 Å². The van der Waals surface area contributed by atoms with Crippen LogP contribution >= 0.6 is 0 Å². The van der Waals surface area contributed by atoms with Gasteiger partial charge in [0.15, 0.2) is 6.10 Å². The van der Waals surface area contributed by atoms with Crippen LogP contribution in [0.5, 0.6) is 0 Å². The van der Waals surface area contributed by atoms with E-state index >= 15 is 0 Å². The highest BCUT2D eigenvalue weighted by molar-refractivity contribution is 5.75. The van der Waals surface area contributed by atoms with E-state index in [-0.39, 0.29) is 12.1 Å². The van der Waals surface area contributed by atoms with Gasteiger partial charge in [0, 0.05) is 12.6 Å². The second-order valence-corrected chi connectivity index (χ2v) is 4.81. The first-order valence-corrected chi connectivity index (χ1v) is 6.31. The van der Waals surface area contributed by atoms with Gasteiger partial charge < -0.3 is 14.9 Å². The Kier molecular flexibility index (Phi) is 4.19. The molecule has 1 aromatic carbocycles. The van der Waals surface area contributed by atoms with Gasteiger partial charge in [-0.15, -0.1) is 0 Å². The van der Waals surface area contributed by atoms with E-state index in [1.807, 2.05) is 42.2 Å². The number of aliphatic hydroxyl groups excluding tert-OH is 2. The fourth-order valence-electron chi connectivity index (χ4n) is 2.31. The Morgan fingerprint density at radius 2 is 2.00 bits per heavy atom. The predicted octanol–water partition coefficient (Wildman–Crippen LogP) is 0.327. The van der Waals surface area contributed by atoms with E-state index in [1.54, 1.807) is 0 Å². The van der Waals surface area contributed by atoms with Gasteiger partial charge in [-0.2, -0.15) is 0 Å². The first-order chi connectivity index (χ1) is 9.06. The van der Waals surface area contributed by atoms with Crippen molar-refractivity contribution in [3.63, 3.8) is 0 Å². The zero-order valence-electron chi connectivity index (χ0n) is 11.1. The van der Waals surface area contributed by atoms with Crippen LogP contribution in [-0.4, -0.2) is 53.0 Å². The molecule has 0 bridgehead atoms. The maximum atomic E-state index is 11.2. The molecule has 0 amide bonds. The SMILES string of the molecule is COC(=O)[C@@H](O)[C@@H](O)[C@@H]1CN1[C@H](C)c1ccccc1. The number of benzene rings is 1. The molecule has 1 heterocycles. The average molecular weight is 265 g/mol. The smallest absolute Gasteiger partial charge is 0.337 e. The lowest BCUT2D eigenvalue weighted by Crippen LogP contribution is -2.39. The summed E-state index contributed by atoms with van der Waals surface area (Å²) in [6, 6.07) is 9.85. The summed E-state index contributed by atoms with van der Waals surface area (Å²) in [5.41, 5.74) is 1.14. The number of esters is 1. The minimum atomic E-state index is -1.48. The average Bonchev–Trinajstić information content (AvgIpc) is 3.25. The molecule has 19 heavy (non-hydrogen) atoms. The largest absolute Gasteiger partial charge is 0.467 e. The summed E-state index contributed by atoms with van der Waals surface area (Å²) in [5, 5.41) is 19.5. The summed E-state index contributed by atoms with van der Waals surface area (Å²) in [5.74, 6) is -0.799. The van der Waals surface area contributed by atoms with E-state index in [1.165, 1.54) is 7.11 Å². The molecule has 1 unspecified atom stereocenters. The molecular formula is C14H19NO4. The van der Waals surface area contributed by atoms with E-state index in [2.05, 4.69) is 4.74 Å². The van der Waals surface area contributed by atoms with Crippen LogP contribution in [0.15, 0.2) is 30.3 Å². The molecule has 1 aliphatic heterocycles. The normalized spacial score (nSPS) is 26.3. The molecule has 2 N–H and O–H groups in total. The van der Waals surface area contributed by atoms with Gasteiger partial charge >= 0.3 is 5.97 Å². The molecule has 0 radical (unpaired) electrons. The van der Waals surface area contributed by atoms with E-state index in [0.717, 1.165) is 5.56 Å². The van der Waals surface area contributed by atoms with Crippen LogP contribution in [0.1, 0.15) is 18.5 Å². The van der Waals surface area contributed by atoms with Crippen molar-refractivity contribution >= 4 is 5.97 Å². The van der Waals surface area contributed by atoms with Crippen LogP contribution in [0.3, 0.4) is 0 Å². The molecule has 104 valence electrons. The molecule has 1 aliphatic rings. The second-order valence-electron chi connectivity index (χ2n) is 4.81. The van der Waals surface area contributed by atoms with Gasteiger partial charge in [-0.05, 0) is 12.5 Å². The monoisotopic (exact) mass is 265 g/mol. The van der Waals surface area contributed by atoms with E-state index in [4.69, 9.17) is 0 Å². The standard InChI is InChI=1S/C14H19NO4/c1-9(10-6-4-3-5-7-10)15-8-11(15)12(16)13(17)14(18)19-2/h3-7,9,11-13,16-17H,8H2,1-2H3/t9-,11+,12+,13+,15?/m1/s1. The number of methoxy groups -OCH3 is 1.